The van der Waals surface area contributed by atoms with Gasteiger partial charge in [0.2, 0.25) is 19.4 Å². The maximum absolute atomic E-state index is 5.78. The lowest BCUT2D eigenvalue weighted by Gasteiger charge is -2.18. The Bertz CT molecular complexity index is 331. The van der Waals surface area contributed by atoms with Gasteiger partial charge in [0.1, 0.15) is 13.4 Å². The third-order valence-corrected chi connectivity index (χ3v) is 5.50. The topological polar surface area (TPSA) is 47.9 Å². The van der Waals surface area contributed by atoms with Crippen molar-refractivity contribution in [1.29, 1.82) is 0 Å². The second kappa shape index (κ2) is 4.84. The van der Waals surface area contributed by atoms with Gasteiger partial charge in [0, 0.05) is 0 Å². The molecule has 0 spiro atoms. The summed E-state index contributed by atoms with van der Waals surface area (Å²) >= 11 is 1.73. The van der Waals surface area contributed by atoms with Gasteiger partial charge in [-0.15, -0.1) is 16.3 Å². The van der Waals surface area contributed by atoms with E-state index in [2.05, 4.69) is 54.5 Å². The maximum Gasteiger partial charge on any atom is 0.244 e. The van der Waals surface area contributed by atoms with Gasteiger partial charge < -0.3 is 4.43 Å². The average molecular weight is 274 g/mol. The first-order chi connectivity index (χ1) is 7.16. The fourth-order valence-corrected chi connectivity index (χ4v) is 4.35. The highest BCUT2D eigenvalue weighted by Gasteiger charge is 2.20. The van der Waals surface area contributed by atoms with Crippen molar-refractivity contribution in [3.8, 4) is 5.88 Å². The molecule has 0 amide bonds. The highest BCUT2D eigenvalue weighted by atomic mass is 32.4. The molecule has 0 saturated heterocycles. The minimum Gasteiger partial charge on any atom is -0.530 e. The summed E-state index contributed by atoms with van der Waals surface area (Å²) < 4.78 is 5.78. The van der Waals surface area contributed by atoms with E-state index >= 15 is 0 Å². The fourth-order valence-electron chi connectivity index (χ4n) is 0.953. The molecule has 4 nitrogen and oxygen atoms in total. The summed E-state index contributed by atoms with van der Waals surface area (Å²) in [5, 5.41) is 8.70. The first kappa shape index (κ1) is 13.7. The Hall–Kier alpha value is -0.406. The Morgan fingerprint density at radius 1 is 1.12 bits per heavy atom. The predicted molar refractivity (Wildman–Crippen MR) is 73.0 cm³/mol. The molecule has 7 heteroatoms. The van der Waals surface area contributed by atoms with Crippen LogP contribution in [0.25, 0.3) is 0 Å². The first-order valence-corrected chi connectivity index (χ1v) is 13.7. The maximum atomic E-state index is 5.78. The molecule has 0 aliphatic heterocycles. The van der Waals surface area contributed by atoms with Gasteiger partial charge in [0.05, 0.1) is 0 Å². The largest absolute Gasteiger partial charge is 0.530 e. The zero-order valence-corrected chi connectivity index (χ0v) is 13.6. The van der Waals surface area contributed by atoms with E-state index in [9.17, 15) is 0 Å². The molecule has 1 heterocycles. The van der Waals surface area contributed by atoms with Gasteiger partial charge in [-0.3, -0.25) is 0 Å². The van der Waals surface area contributed by atoms with Gasteiger partial charge in [-0.05, 0) is 19.6 Å². The van der Waals surface area contributed by atoms with Crippen LogP contribution in [0.3, 0.4) is 0 Å². The summed E-state index contributed by atoms with van der Waals surface area (Å²) in [4.78, 5) is 4.38. The molecule has 90 valence electrons. The van der Waals surface area contributed by atoms with Crippen molar-refractivity contribution in [1.82, 2.24) is 15.2 Å². The van der Waals surface area contributed by atoms with Crippen LogP contribution in [0.15, 0.2) is 11.4 Å². The van der Waals surface area contributed by atoms with Crippen LogP contribution in [0.2, 0.25) is 39.3 Å². The number of aromatic nitrogens is 3. The van der Waals surface area contributed by atoms with Gasteiger partial charge in [0.25, 0.3) is 0 Å². The zero-order valence-electron chi connectivity index (χ0n) is 10.7. The van der Waals surface area contributed by atoms with Crippen molar-refractivity contribution in [2.75, 3.05) is 0 Å². The quantitative estimate of drug-likeness (QED) is 0.789. The molecular formula is C9H19N3OSSi2. The van der Waals surface area contributed by atoms with E-state index in [1.54, 1.807) is 17.4 Å². The van der Waals surface area contributed by atoms with Gasteiger partial charge in [0.15, 0.2) is 0 Å². The molecule has 16 heavy (non-hydrogen) atoms. The summed E-state index contributed by atoms with van der Waals surface area (Å²) in [7, 11) is -2.88. The Morgan fingerprint density at radius 2 is 1.75 bits per heavy atom. The summed E-state index contributed by atoms with van der Waals surface area (Å²) in [6.45, 7) is 13.1. The predicted octanol–water partition coefficient (Wildman–Crippen LogP) is 3.01. The second-order valence-electron chi connectivity index (χ2n) is 5.51. The van der Waals surface area contributed by atoms with Gasteiger partial charge in [-0.1, -0.05) is 19.6 Å². The Morgan fingerprint density at radius 3 is 2.25 bits per heavy atom. The van der Waals surface area contributed by atoms with E-state index in [0.29, 0.717) is 5.88 Å². The Balaban J connectivity index is 2.79. The number of rotatable bonds is 4. The van der Waals surface area contributed by atoms with Crippen LogP contribution in [0.4, 0.5) is 0 Å². The van der Waals surface area contributed by atoms with Crippen molar-refractivity contribution in [3.63, 3.8) is 0 Å². The van der Waals surface area contributed by atoms with E-state index < -0.39 is 15.5 Å². The van der Waals surface area contributed by atoms with Crippen LogP contribution in [-0.2, 0) is 0 Å². The number of nitrogens with zero attached hydrogens (tertiary/aromatic N) is 3. The van der Waals surface area contributed by atoms with Crippen molar-refractivity contribution in [2.24, 2.45) is 0 Å². The van der Waals surface area contributed by atoms with Crippen molar-refractivity contribution < 1.29 is 4.43 Å². The van der Waals surface area contributed by atoms with Gasteiger partial charge in [-0.25, -0.2) is 0 Å². The molecule has 0 atom stereocenters. The van der Waals surface area contributed by atoms with E-state index in [0.717, 1.165) is 5.16 Å². The van der Waals surface area contributed by atoms with Crippen molar-refractivity contribution in [2.45, 2.75) is 44.4 Å². The third kappa shape index (κ3) is 5.62. The summed E-state index contributed by atoms with van der Waals surface area (Å²) in [5.74, 6) is 0.606. The minimum atomic E-state index is -1.61. The molecule has 0 bridgehead atoms. The highest BCUT2D eigenvalue weighted by molar-refractivity contribution is 8.28. The SMILES string of the molecule is C[Si](C)(C)Oc1cnnc(S[Si](C)(C)C)n1. The van der Waals surface area contributed by atoms with Crippen molar-refractivity contribution >= 4 is 26.8 Å². The Kier molecular flexibility index (Phi) is 4.14. The second-order valence-corrected chi connectivity index (χ2v) is 19.0. The third-order valence-electron chi connectivity index (χ3n) is 1.33. The monoisotopic (exact) mass is 273 g/mol. The van der Waals surface area contributed by atoms with Crippen LogP contribution in [0, 0.1) is 0 Å². The molecule has 0 fully saturated rings. The van der Waals surface area contributed by atoms with E-state index in [1.165, 1.54) is 0 Å². The van der Waals surface area contributed by atoms with Gasteiger partial charge in [-0.2, -0.15) is 10.1 Å². The lowest BCUT2D eigenvalue weighted by molar-refractivity contribution is 0.515. The standard InChI is InChI=1S/C9H19N3OSSi2/c1-15(2,3)13-8-7-10-12-9(11-8)14-16(4,5)6/h7H,1-6H3. The normalized spacial score (nSPS) is 12.6. The van der Waals surface area contributed by atoms with Crippen LogP contribution in [0.1, 0.15) is 0 Å². The zero-order chi connectivity index (χ0) is 12.4. The summed E-state index contributed by atoms with van der Waals surface area (Å²) in [6.07, 6.45) is 1.59. The molecule has 1 aromatic heterocycles. The highest BCUT2D eigenvalue weighted by Crippen LogP contribution is 2.26. The molecule has 0 aliphatic rings. The average Bonchev–Trinajstić information content (AvgIpc) is 1.96. The summed E-state index contributed by atoms with van der Waals surface area (Å²) in [5.41, 5.74) is 0. The molecule has 0 unspecified atom stereocenters. The molecule has 1 aromatic rings. The van der Waals surface area contributed by atoms with Crippen LogP contribution < -0.4 is 4.43 Å². The Labute approximate surface area is 103 Å². The minimum absolute atomic E-state index is 0.606. The molecule has 0 aliphatic carbocycles. The summed E-state index contributed by atoms with van der Waals surface area (Å²) in [6, 6.07) is 0. The van der Waals surface area contributed by atoms with E-state index in [-0.39, 0.29) is 0 Å². The molecule has 0 aromatic carbocycles. The number of hydrogen-bond acceptors (Lipinski definition) is 5. The molecular weight excluding hydrogens is 254 g/mol. The van der Waals surface area contributed by atoms with Crippen LogP contribution in [-0.4, -0.2) is 30.7 Å². The van der Waals surface area contributed by atoms with E-state index in [1.807, 2.05) is 0 Å². The lowest BCUT2D eigenvalue weighted by Crippen LogP contribution is -2.30. The van der Waals surface area contributed by atoms with Crippen molar-refractivity contribution in [3.05, 3.63) is 6.20 Å². The van der Waals surface area contributed by atoms with Crippen LogP contribution in [0.5, 0.6) is 5.88 Å². The molecule has 1 rings (SSSR count). The first-order valence-electron chi connectivity index (χ1n) is 5.23. The fraction of sp³-hybridized carbons (Fsp3) is 0.667. The lowest BCUT2D eigenvalue weighted by atomic mass is 10.8. The number of hydrogen-bond donors (Lipinski definition) is 0. The molecule has 0 radical (unpaired) electrons. The van der Waals surface area contributed by atoms with Crippen LogP contribution >= 0.6 is 11.2 Å². The molecule has 0 saturated carbocycles. The molecule has 0 N–H and O–H groups in total. The smallest absolute Gasteiger partial charge is 0.244 e. The van der Waals surface area contributed by atoms with E-state index in [4.69, 9.17) is 4.43 Å². The van der Waals surface area contributed by atoms with Gasteiger partial charge >= 0.3 is 0 Å².